The lowest BCUT2D eigenvalue weighted by Gasteiger charge is -2.08. The third-order valence-corrected chi connectivity index (χ3v) is 4.44. The molecule has 0 atom stereocenters. The lowest BCUT2D eigenvalue weighted by Crippen LogP contribution is -1.87. The van der Waals surface area contributed by atoms with Crippen LogP contribution in [0, 0.1) is 0 Å². The summed E-state index contributed by atoms with van der Waals surface area (Å²) >= 11 is 3.93. The summed E-state index contributed by atoms with van der Waals surface area (Å²) in [5.41, 5.74) is 2.80. The van der Waals surface area contributed by atoms with Gasteiger partial charge in [0.2, 0.25) is 0 Å². The van der Waals surface area contributed by atoms with Crippen LogP contribution < -0.4 is 0 Å². The molecule has 0 nitrogen and oxygen atoms in total. The zero-order valence-corrected chi connectivity index (χ0v) is 9.79. The molecule has 1 aliphatic heterocycles. The first-order valence-corrected chi connectivity index (χ1v) is 6.99. The molecule has 0 spiro atoms. The van der Waals surface area contributed by atoms with Crippen LogP contribution in [-0.2, 0) is 5.75 Å². The second-order valence-electron chi connectivity index (χ2n) is 3.33. The summed E-state index contributed by atoms with van der Waals surface area (Å²) in [6, 6.07) is 8.64. The topological polar surface area (TPSA) is 0 Å². The predicted molar refractivity (Wildman–Crippen MR) is 68.7 cm³/mol. The average Bonchev–Trinajstić information content (AvgIpc) is 2.30. The van der Waals surface area contributed by atoms with Crippen molar-refractivity contribution in [2.45, 2.75) is 12.2 Å². The first kappa shape index (κ1) is 10.2. The Morgan fingerprint density at radius 3 is 2.93 bits per heavy atom. The first-order chi connectivity index (χ1) is 6.88. The average molecular weight is 222 g/mol. The van der Waals surface area contributed by atoms with Gasteiger partial charge in [-0.15, -0.1) is 11.8 Å². The Kier molecular flexibility index (Phi) is 3.60. The number of thioether (sulfide) groups is 2. The molecule has 1 aromatic rings. The zero-order chi connectivity index (χ0) is 9.80. The van der Waals surface area contributed by atoms with E-state index in [1.54, 1.807) is 0 Å². The van der Waals surface area contributed by atoms with Crippen LogP contribution in [0.2, 0.25) is 0 Å². The SMILES string of the molecule is C=C1SCCCSCc2ccccc21. The smallest absolute Gasteiger partial charge is 0.0190 e. The van der Waals surface area contributed by atoms with Crippen LogP contribution in [0.25, 0.3) is 4.91 Å². The molecule has 0 amide bonds. The normalized spacial score (nSPS) is 17.9. The molecule has 2 heteroatoms. The van der Waals surface area contributed by atoms with Gasteiger partial charge in [0.1, 0.15) is 0 Å². The van der Waals surface area contributed by atoms with Crippen molar-refractivity contribution in [3.63, 3.8) is 0 Å². The van der Waals surface area contributed by atoms with E-state index < -0.39 is 0 Å². The van der Waals surface area contributed by atoms with Crippen molar-refractivity contribution >= 4 is 28.4 Å². The van der Waals surface area contributed by atoms with Crippen molar-refractivity contribution < 1.29 is 0 Å². The molecule has 0 bridgehead atoms. The molecule has 2 rings (SSSR count). The Hall–Kier alpha value is -0.340. The summed E-state index contributed by atoms with van der Waals surface area (Å²) in [6.45, 7) is 4.15. The zero-order valence-electron chi connectivity index (χ0n) is 8.16. The van der Waals surface area contributed by atoms with Gasteiger partial charge in [-0.2, -0.15) is 11.8 Å². The van der Waals surface area contributed by atoms with Gasteiger partial charge in [0.05, 0.1) is 0 Å². The summed E-state index contributed by atoms with van der Waals surface area (Å²) in [4.78, 5) is 1.24. The number of benzene rings is 1. The molecule has 0 N–H and O–H groups in total. The highest BCUT2D eigenvalue weighted by Gasteiger charge is 2.08. The van der Waals surface area contributed by atoms with Gasteiger partial charge in [0.25, 0.3) is 0 Å². The van der Waals surface area contributed by atoms with Crippen molar-refractivity contribution in [1.82, 2.24) is 0 Å². The fraction of sp³-hybridized carbons (Fsp3) is 0.333. The van der Waals surface area contributed by atoms with Crippen molar-refractivity contribution in [3.8, 4) is 0 Å². The second-order valence-corrected chi connectivity index (χ2v) is 5.63. The van der Waals surface area contributed by atoms with Gasteiger partial charge in [-0.1, -0.05) is 30.8 Å². The van der Waals surface area contributed by atoms with E-state index in [1.807, 2.05) is 23.5 Å². The van der Waals surface area contributed by atoms with E-state index in [0.29, 0.717) is 0 Å². The van der Waals surface area contributed by atoms with Crippen LogP contribution in [0.4, 0.5) is 0 Å². The molecule has 74 valence electrons. The molecule has 0 aromatic heterocycles. The van der Waals surface area contributed by atoms with Crippen LogP contribution in [-0.4, -0.2) is 11.5 Å². The van der Waals surface area contributed by atoms with Gasteiger partial charge in [0, 0.05) is 10.7 Å². The second kappa shape index (κ2) is 4.94. The molecule has 0 aliphatic carbocycles. The lowest BCUT2D eigenvalue weighted by atomic mass is 10.1. The minimum Gasteiger partial charge on any atom is -0.157 e. The molecule has 0 fully saturated rings. The van der Waals surface area contributed by atoms with E-state index >= 15 is 0 Å². The van der Waals surface area contributed by atoms with Crippen LogP contribution in [0.1, 0.15) is 17.5 Å². The first-order valence-electron chi connectivity index (χ1n) is 4.85. The Bertz CT molecular complexity index is 331. The molecule has 1 aliphatic rings. The number of fused-ring (bicyclic) bond motifs is 1. The van der Waals surface area contributed by atoms with Crippen molar-refractivity contribution in [2.24, 2.45) is 0 Å². The van der Waals surface area contributed by atoms with E-state index in [2.05, 4.69) is 30.8 Å². The summed E-state index contributed by atoms with van der Waals surface area (Å²) in [6.07, 6.45) is 1.29. The summed E-state index contributed by atoms with van der Waals surface area (Å²) in [5.74, 6) is 3.62. The highest BCUT2D eigenvalue weighted by molar-refractivity contribution is 8.08. The molecular formula is C12H14S2. The van der Waals surface area contributed by atoms with Crippen LogP contribution in [0.5, 0.6) is 0 Å². The fourth-order valence-electron chi connectivity index (χ4n) is 1.53. The van der Waals surface area contributed by atoms with Crippen molar-refractivity contribution in [2.75, 3.05) is 11.5 Å². The molecule has 1 aromatic carbocycles. The van der Waals surface area contributed by atoms with Gasteiger partial charge in [-0.3, -0.25) is 0 Å². The van der Waals surface area contributed by atoms with E-state index in [1.165, 1.54) is 34.0 Å². The Morgan fingerprint density at radius 1 is 1.14 bits per heavy atom. The van der Waals surface area contributed by atoms with E-state index in [0.717, 1.165) is 5.75 Å². The maximum atomic E-state index is 4.15. The Balaban J connectivity index is 2.30. The molecule has 1 heterocycles. The molecule has 0 unspecified atom stereocenters. The van der Waals surface area contributed by atoms with Crippen molar-refractivity contribution in [1.29, 1.82) is 0 Å². The highest BCUT2D eigenvalue weighted by Crippen LogP contribution is 2.32. The van der Waals surface area contributed by atoms with Gasteiger partial charge in [-0.25, -0.2) is 0 Å². The van der Waals surface area contributed by atoms with E-state index in [-0.39, 0.29) is 0 Å². The third-order valence-electron chi connectivity index (χ3n) is 2.28. The summed E-state index contributed by atoms with van der Waals surface area (Å²) < 4.78 is 0. The number of hydrogen-bond donors (Lipinski definition) is 0. The predicted octanol–water partition coefficient (Wildman–Crippen LogP) is 4.03. The molecule has 0 saturated carbocycles. The van der Waals surface area contributed by atoms with Crippen molar-refractivity contribution in [3.05, 3.63) is 42.0 Å². The van der Waals surface area contributed by atoms with E-state index in [4.69, 9.17) is 0 Å². The number of hydrogen-bond acceptors (Lipinski definition) is 2. The highest BCUT2D eigenvalue weighted by atomic mass is 32.2. The largest absolute Gasteiger partial charge is 0.157 e. The fourth-order valence-corrected chi connectivity index (χ4v) is 3.57. The number of rotatable bonds is 0. The molecule has 14 heavy (non-hydrogen) atoms. The van der Waals surface area contributed by atoms with Gasteiger partial charge in [0.15, 0.2) is 0 Å². The van der Waals surface area contributed by atoms with Gasteiger partial charge < -0.3 is 0 Å². The standard InChI is InChI=1S/C12H14S2/c1-10-12-6-3-2-5-11(12)9-13-7-4-8-14-10/h2-3,5-6H,1,4,7-9H2. The minimum absolute atomic E-state index is 1.13. The maximum Gasteiger partial charge on any atom is 0.0190 e. The Morgan fingerprint density at radius 2 is 2.00 bits per heavy atom. The molecule has 0 saturated heterocycles. The van der Waals surface area contributed by atoms with Crippen LogP contribution >= 0.6 is 23.5 Å². The molecule has 0 radical (unpaired) electrons. The maximum absolute atomic E-state index is 4.15. The lowest BCUT2D eigenvalue weighted by molar-refractivity contribution is 1.13. The molecular weight excluding hydrogens is 208 g/mol. The summed E-state index contributed by atoms with van der Waals surface area (Å²) in [7, 11) is 0. The van der Waals surface area contributed by atoms with E-state index in [9.17, 15) is 0 Å². The summed E-state index contributed by atoms with van der Waals surface area (Å²) in [5, 5.41) is 0. The monoisotopic (exact) mass is 222 g/mol. The van der Waals surface area contributed by atoms with Gasteiger partial charge >= 0.3 is 0 Å². The van der Waals surface area contributed by atoms with Gasteiger partial charge in [-0.05, 0) is 29.1 Å². The quantitative estimate of drug-likeness (QED) is 0.650. The van der Waals surface area contributed by atoms with Crippen LogP contribution in [0.3, 0.4) is 0 Å². The third kappa shape index (κ3) is 2.37. The minimum atomic E-state index is 1.13. The Labute approximate surface area is 94.2 Å². The van der Waals surface area contributed by atoms with Crippen LogP contribution in [0.15, 0.2) is 30.8 Å².